The SMILES string of the molecule is CNC1CCCN(C(=O)c2ccc(NC(=O)C3CC3C)cc2)C1. The van der Waals surface area contributed by atoms with Crippen molar-refractivity contribution in [2.75, 3.05) is 25.5 Å². The summed E-state index contributed by atoms with van der Waals surface area (Å²) in [6.45, 7) is 3.66. The van der Waals surface area contributed by atoms with Crippen molar-refractivity contribution in [3.8, 4) is 0 Å². The first-order chi connectivity index (χ1) is 11.1. The lowest BCUT2D eigenvalue weighted by molar-refractivity contribution is -0.117. The first-order valence-corrected chi connectivity index (χ1v) is 8.46. The summed E-state index contributed by atoms with van der Waals surface area (Å²) in [5.41, 5.74) is 1.44. The predicted molar refractivity (Wildman–Crippen MR) is 90.3 cm³/mol. The summed E-state index contributed by atoms with van der Waals surface area (Å²) in [5, 5.41) is 6.17. The van der Waals surface area contributed by atoms with E-state index in [4.69, 9.17) is 0 Å². The Morgan fingerprint density at radius 1 is 1.22 bits per heavy atom. The molecule has 5 nitrogen and oxygen atoms in total. The third-order valence-corrected chi connectivity index (χ3v) is 4.96. The molecule has 124 valence electrons. The zero-order valence-electron chi connectivity index (χ0n) is 13.8. The monoisotopic (exact) mass is 315 g/mol. The summed E-state index contributed by atoms with van der Waals surface area (Å²) in [6.07, 6.45) is 3.12. The molecule has 1 saturated carbocycles. The van der Waals surface area contributed by atoms with Crippen molar-refractivity contribution in [3.63, 3.8) is 0 Å². The summed E-state index contributed by atoms with van der Waals surface area (Å²) in [5.74, 6) is 0.807. The third-order valence-electron chi connectivity index (χ3n) is 4.96. The van der Waals surface area contributed by atoms with Gasteiger partial charge in [-0.05, 0) is 56.5 Å². The van der Waals surface area contributed by atoms with Gasteiger partial charge >= 0.3 is 0 Å². The molecule has 1 heterocycles. The molecule has 0 aromatic heterocycles. The van der Waals surface area contributed by atoms with Crippen molar-refractivity contribution in [2.24, 2.45) is 11.8 Å². The van der Waals surface area contributed by atoms with E-state index in [1.807, 2.05) is 24.1 Å². The van der Waals surface area contributed by atoms with Gasteiger partial charge in [-0.1, -0.05) is 6.92 Å². The van der Waals surface area contributed by atoms with Gasteiger partial charge in [0.2, 0.25) is 5.91 Å². The van der Waals surface area contributed by atoms with E-state index < -0.39 is 0 Å². The molecule has 2 fully saturated rings. The number of nitrogens with one attached hydrogen (secondary N) is 2. The van der Waals surface area contributed by atoms with E-state index in [9.17, 15) is 9.59 Å². The number of carbonyl (C=O) groups is 2. The van der Waals surface area contributed by atoms with Crippen LogP contribution in [0.15, 0.2) is 24.3 Å². The van der Waals surface area contributed by atoms with Crippen LogP contribution in [-0.2, 0) is 4.79 Å². The maximum Gasteiger partial charge on any atom is 0.253 e. The van der Waals surface area contributed by atoms with E-state index in [0.29, 0.717) is 17.5 Å². The number of hydrogen-bond acceptors (Lipinski definition) is 3. The number of piperidine rings is 1. The van der Waals surface area contributed by atoms with Gasteiger partial charge in [-0.2, -0.15) is 0 Å². The lowest BCUT2D eigenvalue weighted by atomic mass is 10.0. The van der Waals surface area contributed by atoms with Crippen molar-refractivity contribution in [1.29, 1.82) is 0 Å². The minimum Gasteiger partial charge on any atom is -0.337 e. The second-order valence-corrected chi connectivity index (χ2v) is 6.77. The first-order valence-electron chi connectivity index (χ1n) is 8.46. The highest BCUT2D eigenvalue weighted by Crippen LogP contribution is 2.38. The van der Waals surface area contributed by atoms with Gasteiger partial charge < -0.3 is 15.5 Å². The average Bonchev–Trinajstić information content (AvgIpc) is 3.32. The van der Waals surface area contributed by atoms with Crippen LogP contribution in [0.4, 0.5) is 5.69 Å². The molecule has 1 aliphatic heterocycles. The minimum atomic E-state index is 0.0682. The second-order valence-electron chi connectivity index (χ2n) is 6.77. The predicted octanol–water partition coefficient (Wildman–Crippen LogP) is 2.11. The Balaban J connectivity index is 1.60. The molecule has 2 N–H and O–H groups in total. The van der Waals surface area contributed by atoms with Gasteiger partial charge in [-0.15, -0.1) is 0 Å². The van der Waals surface area contributed by atoms with Crippen LogP contribution in [0.5, 0.6) is 0 Å². The van der Waals surface area contributed by atoms with E-state index in [1.165, 1.54) is 0 Å². The molecule has 3 rings (SSSR count). The van der Waals surface area contributed by atoms with E-state index >= 15 is 0 Å². The number of likely N-dealkylation sites (tertiary alicyclic amines) is 1. The molecule has 1 aliphatic carbocycles. The molecule has 1 aromatic rings. The van der Waals surface area contributed by atoms with Crippen LogP contribution in [0.25, 0.3) is 0 Å². The highest BCUT2D eigenvalue weighted by Gasteiger charge is 2.39. The number of amides is 2. The highest BCUT2D eigenvalue weighted by molar-refractivity contribution is 5.97. The molecule has 2 aliphatic rings. The lowest BCUT2D eigenvalue weighted by Gasteiger charge is -2.32. The molecular formula is C18H25N3O2. The Kier molecular flexibility index (Phi) is 4.66. The van der Waals surface area contributed by atoms with Crippen LogP contribution >= 0.6 is 0 Å². The number of rotatable bonds is 4. The van der Waals surface area contributed by atoms with Crippen LogP contribution < -0.4 is 10.6 Å². The number of likely N-dealkylation sites (N-methyl/N-ethyl adjacent to an activating group) is 1. The molecule has 2 amide bonds. The van der Waals surface area contributed by atoms with Gasteiger partial charge in [-0.3, -0.25) is 9.59 Å². The van der Waals surface area contributed by atoms with Crippen molar-refractivity contribution < 1.29 is 9.59 Å². The summed E-state index contributed by atoms with van der Waals surface area (Å²) in [4.78, 5) is 26.4. The molecular weight excluding hydrogens is 290 g/mol. The van der Waals surface area contributed by atoms with Gasteiger partial charge in [0.25, 0.3) is 5.91 Å². The van der Waals surface area contributed by atoms with E-state index in [0.717, 1.165) is 38.0 Å². The highest BCUT2D eigenvalue weighted by atomic mass is 16.2. The van der Waals surface area contributed by atoms with E-state index in [-0.39, 0.29) is 17.7 Å². The zero-order chi connectivity index (χ0) is 16.4. The van der Waals surface area contributed by atoms with Gasteiger partial charge in [0.15, 0.2) is 0 Å². The fourth-order valence-electron chi connectivity index (χ4n) is 3.20. The normalized spacial score (nSPS) is 26.7. The Hall–Kier alpha value is -1.88. The fourth-order valence-corrected chi connectivity index (χ4v) is 3.20. The summed E-state index contributed by atoms with van der Waals surface area (Å²) >= 11 is 0. The van der Waals surface area contributed by atoms with E-state index in [1.54, 1.807) is 12.1 Å². The quantitative estimate of drug-likeness (QED) is 0.894. The second kappa shape index (κ2) is 6.71. The average molecular weight is 315 g/mol. The van der Waals surface area contributed by atoms with Crippen LogP contribution in [0.2, 0.25) is 0 Å². The largest absolute Gasteiger partial charge is 0.337 e. The fraction of sp³-hybridized carbons (Fsp3) is 0.556. The molecule has 3 unspecified atom stereocenters. The Labute approximate surface area is 137 Å². The molecule has 1 saturated heterocycles. The molecule has 1 aromatic carbocycles. The number of nitrogens with zero attached hydrogens (tertiary/aromatic N) is 1. The van der Waals surface area contributed by atoms with Crippen molar-refractivity contribution >= 4 is 17.5 Å². The third kappa shape index (κ3) is 3.72. The number of hydrogen-bond donors (Lipinski definition) is 2. The molecule has 5 heteroatoms. The van der Waals surface area contributed by atoms with Crippen LogP contribution in [-0.4, -0.2) is 42.9 Å². The van der Waals surface area contributed by atoms with E-state index in [2.05, 4.69) is 17.6 Å². The zero-order valence-corrected chi connectivity index (χ0v) is 13.8. The van der Waals surface area contributed by atoms with Crippen molar-refractivity contribution in [2.45, 2.75) is 32.2 Å². The van der Waals surface area contributed by atoms with Gasteiger partial charge in [0.1, 0.15) is 0 Å². The number of carbonyl (C=O) groups excluding carboxylic acids is 2. The standard InChI is InChI=1S/C18H25N3O2/c1-12-10-16(12)17(22)20-14-7-5-13(6-8-14)18(23)21-9-3-4-15(11-21)19-2/h5-8,12,15-16,19H,3-4,9-11H2,1-2H3,(H,20,22). The summed E-state index contributed by atoms with van der Waals surface area (Å²) in [7, 11) is 1.94. The van der Waals surface area contributed by atoms with Gasteiger partial charge in [0.05, 0.1) is 0 Å². The van der Waals surface area contributed by atoms with Gasteiger partial charge in [0, 0.05) is 36.3 Å². The lowest BCUT2D eigenvalue weighted by Crippen LogP contribution is -2.46. The number of anilines is 1. The van der Waals surface area contributed by atoms with Crippen LogP contribution in [0.1, 0.15) is 36.5 Å². The molecule has 23 heavy (non-hydrogen) atoms. The summed E-state index contributed by atoms with van der Waals surface area (Å²) in [6, 6.07) is 7.62. The topological polar surface area (TPSA) is 61.4 Å². The van der Waals surface area contributed by atoms with Crippen LogP contribution in [0, 0.1) is 11.8 Å². The molecule has 0 radical (unpaired) electrons. The summed E-state index contributed by atoms with van der Waals surface area (Å²) < 4.78 is 0. The Bertz CT molecular complexity index is 584. The maximum absolute atomic E-state index is 12.6. The maximum atomic E-state index is 12.6. The minimum absolute atomic E-state index is 0.0682. The van der Waals surface area contributed by atoms with Crippen LogP contribution in [0.3, 0.4) is 0 Å². The molecule has 0 bridgehead atoms. The molecule has 3 atom stereocenters. The first kappa shape index (κ1) is 16.0. The molecule has 0 spiro atoms. The Morgan fingerprint density at radius 3 is 2.52 bits per heavy atom. The van der Waals surface area contributed by atoms with Crippen molar-refractivity contribution in [1.82, 2.24) is 10.2 Å². The number of benzene rings is 1. The van der Waals surface area contributed by atoms with Crippen molar-refractivity contribution in [3.05, 3.63) is 29.8 Å². The Morgan fingerprint density at radius 2 is 1.91 bits per heavy atom. The smallest absolute Gasteiger partial charge is 0.253 e. The van der Waals surface area contributed by atoms with Gasteiger partial charge in [-0.25, -0.2) is 0 Å².